The van der Waals surface area contributed by atoms with Gasteiger partial charge < -0.3 is 5.73 Å². The van der Waals surface area contributed by atoms with E-state index in [0.29, 0.717) is 30.4 Å². The van der Waals surface area contributed by atoms with Crippen molar-refractivity contribution >= 4 is 69.2 Å². The summed E-state index contributed by atoms with van der Waals surface area (Å²) in [7, 11) is -3.75. The lowest BCUT2D eigenvalue weighted by atomic mass is 10.2. The lowest BCUT2D eigenvalue weighted by Crippen LogP contribution is -2.15. The van der Waals surface area contributed by atoms with Crippen LogP contribution in [-0.4, -0.2) is 8.42 Å². The lowest BCUT2D eigenvalue weighted by Gasteiger charge is -2.14. The minimum Gasteiger partial charge on any atom is -0.398 e. The Hall–Kier alpha value is -0.570. The molecule has 0 radical (unpaired) electrons. The Morgan fingerprint density at radius 1 is 1.10 bits per heavy atom. The molecule has 2 rings (SSSR count). The first kappa shape index (κ1) is 16.8. The predicted molar refractivity (Wildman–Crippen MR) is 95.9 cm³/mol. The van der Waals surface area contributed by atoms with Gasteiger partial charge in [0, 0.05) is 19.1 Å². The van der Waals surface area contributed by atoms with E-state index < -0.39 is 10.0 Å². The molecule has 0 fully saturated rings. The van der Waals surface area contributed by atoms with Crippen LogP contribution in [0.4, 0.5) is 11.4 Å². The van der Waals surface area contributed by atoms with E-state index in [4.69, 9.17) is 5.73 Å². The van der Waals surface area contributed by atoms with Crippen LogP contribution >= 0.6 is 47.8 Å². The molecule has 2 aromatic rings. The minimum absolute atomic E-state index is 0.136. The van der Waals surface area contributed by atoms with E-state index in [1.807, 2.05) is 0 Å². The van der Waals surface area contributed by atoms with E-state index in [1.54, 1.807) is 31.2 Å². The van der Waals surface area contributed by atoms with Crippen molar-refractivity contribution in [3.8, 4) is 0 Å². The second kappa shape index (κ2) is 6.28. The quantitative estimate of drug-likeness (QED) is 0.604. The van der Waals surface area contributed by atoms with Crippen LogP contribution in [0.1, 0.15) is 5.56 Å². The Morgan fingerprint density at radius 3 is 2.24 bits per heavy atom. The molecule has 4 nitrogen and oxygen atoms in total. The average Bonchev–Trinajstić information content (AvgIpc) is 2.38. The number of halogens is 3. The van der Waals surface area contributed by atoms with Crippen molar-refractivity contribution < 1.29 is 8.42 Å². The monoisotopic (exact) mass is 496 g/mol. The Balaban J connectivity index is 2.54. The van der Waals surface area contributed by atoms with E-state index in [-0.39, 0.29) is 4.90 Å². The van der Waals surface area contributed by atoms with Crippen molar-refractivity contribution in [2.75, 3.05) is 10.5 Å². The van der Waals surface area contributed by atoms with Gasteiger partial charge in [-0.15, -0.1) is 0 Å². The number of sulfonamides is 1. The summed E-state index contributed by atoms with van der Waals surface area (Å²) < 4.78 is 29.7. The fourth-order valence-electron chi connectivity index (χ4n) is 1.74. The first-order valence-electron chi connectivity index (χ1n) is 5.75. The molecule has 0 aromatic heterocycles. The summed E-state index contributed by atoms with van der Waals surface area (Å²) in [6.07, 6.45) is 0. The number of hydrogen-bond donors (Lipinski definition) is 2. The second-order valence-electron chi connectivity index (χ2n) is 4.32. The molecule has 112 valence electrons. The smallest absolute Gasteiger partial charge is 0.262 e. The zero-order chi connectivity index (χ0) is 15.8. The average molecular weight is 499 g/mol. The van der Waals surface area contributed by atoms with Crippen LogP contribution in [0.5, 0.6) is 0 Å². The third-order valence-electron chi connectivity index (χ3n) is 2.85. The largest absolute Gasteiger partial charge is 0.398 e. The van der Waals surface area contributed by atoms with Gasteiger partial charge in [0.25, 0.3) is 10.0 Å². The van der Waals surface area contributed by atoms with Crippen molar-refractivity contribution in [1.82, 2.24) is 0 Å². The van der Waals surface area contributed by atoms with E-state index in [1.165, 1.54) is 6.07 Å². The number of benzene rings is 2. The van der Waals surface area contributed by atoms with Crippen LogP contribution in [0.25, 0.3) is 0 Å². The molecule has 0 aliphatic rings. The number of hydrogen-bond acceptors (Lipinski definition) is 3. The summed E-state index contributed by atoms with van der Waals surface area (Å²) in [5.74, 6) is 0. The van der Waals surface area contributed by atoms with E-state index in [9.17, 15) is 8.42 Å². The molecule has 3 N–H and O–H groups in total. The van der Waals surface area contributed by atoms with Gasteiger partial charge in [-0.1, -0.05) is 22.0 Å². The molecule has 0 saturated heterocycles. The van der Waals surface area contributed by atoms with Crippen LogP contribution in [0.15, 0.2) is 48.6 Å². The molecule has 0 aliphatic carbocycles. The molecule has 0 bridgehead atoms. The SMILES string of the molecule is Cc1c(N)cc(Br)cc1S(=O)(=O)Nc1c(Br)cccc1Br. The third-order valence-corrected chi connectivity index (χ3v) is 6.11. The Labute approximate surface area is 148 Å². The summed E-state index contributed by atoms with van der Waals surface area (Å²) in [4.78, 5) is 0.136. The number of rotatable bonds is 3. The van der Waals surface area contributed by atoms with Gasteiger partial charge in [-0.25, -0.2) is 8.42 Å². The maximum absolute atomic E-state index is 12.6. The van der Waals surface area contributed by atoms with Crippen LogP contribution in [0.3, 0.4) is 0 Å². The highest BCUT2D eigenvalue weighted by atomic mass is 79.9. The Bertz CT molecular complexity index is 787. The fourth-order valence-corrected chi connectivity index (χ4v) is 5.23. The zero-order valence-electron chi connectivity index (χ0n) is 10.8. The van der Waals surface area contributed by atoms with Crippen molar-refractivity contribution in [3.63, 3.8) is 0 Å². The first-order valence-corrected chi connectivity index (χ1v) is 9.61. The standard InChI is InChI=1S/C13H11Br3N2O2S/c1-7-11(17)5-8(14)6-12(7)21(19,20)18-13-9(15)3-2-4-10(13)16/h2-6,18H,17H2,1H3. The molecular formula is C13H11Br3N2O2S. The second-order valence-corrected chi connectivity index (χ2v) is 8.60. The molecule has 0 saturated carbocycles. The van der Waals surface area contributed by atoms with Crippen LogP contribution < -0.4 is 10.5 Å². The van der Waals surface area contributed by atoms with Gasteiger partial charge in [0.15, 0.2) is 0 Å². The summed E-state index contributed by atoms with van der Waals surface area (Å²) >= 11 is 9.92. The van der Waals surface area contributed by atoms with Crippen molar-refractivity contribution in [3.05, 3.63) is 49.3 Å². The molecule has 0 atom stereocenters. The van der Waals surface area contributed by atoms with Crippen LogP contribution in [0.2, 0.25) is 0 Å². The van der Waals surface area contributed by atoms with Crippen molar-refractivity contribution in [2.45, 2.75) is 11.8 Å². The molecule has 21 heavy (non-hydrogen) atoms. The van der Waals surface area contributed by atoms with Crippen LogP contribution in [-0.2, 0) is 10.0 Å². The van der Waals surface area contributed by atoms with Gasteiger partial charge >= 0.3 is 0 Å². The van der Waals surface area contributed by atoms with E-state index >= 15 is 0 Å². The molecule has 8 heteroatoms. The van der Waals surface area contributed by atoms with Gasteiger partial charge in [-0.05, 0) is 68.6 Å². The van der Waals surface area contributed by atoms with Crippen molar-refractivity contribution in [1.29, 1.82) is 0 Å². The Morgan fingerprint density at radius 2 is 1.67 bits per heavy atom. The summed E-state index contributed by atoms with van der Waals surface area (Å²) in [5.41, 5.74) is 7.19. The van der Waals surface area contributed by atoms with Gasteiger partial charge in [0.2, 0.25) is 0 Å². The van der Waals surface area contributed by atoms with E-state index in [0.717, 1.165) is 0 Å². The highest BCUT2D eigenvalue weighted by molar-refractivity contribution is 9.11. The maximum Gasteiger partial charge on any atom is 0.262 e. The number of nitrogens with two attached hydrogens (primary N) is 1. The zero-order valence-corrected chi connectivity index (χ0v) is 16.4. The first-order chi connectivity index (χ1) is 9.72. The number of nitrogen functional groups attached to an aromatic ring is 1. The van der Waals surface area contributed by atoms with Crippen LogP contribution in [0, 0.1) is 6.92 Å². The molecule has 0 amide bonds. The highest BCUT2D eigenvalue weighted by Gasteiger charge is 2.21. The molecular weight excluding hydrogens is 488 g/mol. The molecule has 2 aromatic carbocycles. The highest BCUT2D eigenvalue weighted by Crippen LogP contribution is 2.34. The number of para-hydroxylation sites is 1. The Kier molecular flexibility index (Phi) is 5.02. The van der Waals surface area contributed by atoms with Gasteiger partial charge in [0.1, 0.15) is 0 Å². The summed E-state index contributed by atoms with van der Waals surface area (Å²) in [6, 6.07) is 8.51. The lowest BCUT2D eigenvalue weighted by molar-refractivity contribution is 0.600. The third kappa shape index (κ3) is 3.61. The maximum atomic E-state index is 12.6. The topological polar surface area (TPSA) is 72.2 Å². The molecule has 0 heterocycles. The normalized spacial score (nSPS) is 11.4. The summed E-state index contributed by atoms with van der Waals surface area (Å²) in [6.45, 7) is 1.67. The number of anilines is 2. The van der Waals surface area contributed by atoms with Gasteiger partial charge in [-0.3, -0.25) is 4.72 Å². The number of nitrogens with one attached hydrogen (secondary N) is 1. The fraction of sp³-hybridized carbons (Fsp3) is 0.0769. The molecule has 0 unspecified atom stereocenters. The van der Waals surface area contributed by atoms with E-state index in [2.05, 4.69) is 52.5 Å². The predicted octanol–water partition coefficient (Wildman–Crippen LogP) is 4.67. The molecule has 0 aliphatic heterocycles. The minimum atomic E-state index is -3.75. The van der Waals surface area contributed by atoms with Gasteiger partial charge in [-0.2, -0.15) is 0 Å². The summed E-state index contributed by atoms with van der Waals surface area (Å²) in [5, 5.41) is 0. The van der Waals surface area contributed by atoms with Crippen molar-refractivity contribution in [2.24, 2.45) is 0 Å². The van der Waals surface area contributed by atoms with Gasteiger partial charge in [0.05, 0.1) is 10.6 Å². The molecule has 0 spiro atoms.